The maximum Gasteiger partial charge on any atom is 0.254 e. The Morgan fingerprint density at radius 1 is 1.19 bits per heavy atom. The van der Waals surface area contributed by atoms with Gasteiger partial charge in [-0.15, -0.1) is 0 Å². The minimum atomic E-state index is -0.863. The zero-order valence-corrected chi connectivity index (χ0v) is 14.5. The van der Waals surface area contributed by atoms with Gasteiger partial charge in [0.1, 0.15) is 5.54 Å². The molecule has 1 unspecified atom stereocenters. The number of fused-ring (bicyclic) bond motifs is 1. The first-order chi connectivity index (χ1) is 12.6. The Balaban J connectivity index is 1.57. The highest BCUT2D eigenvalue weighted by atomic mass is 16.2. The molecule has 0 spiro atoms. The van der Waals surface area contributed by atoms with Crippen molar-refractivity contribution in [3.8, 4) is 0 Å². The van der Waals surface area contributed by atoms with Gasteiger partial charge in [-0.1, -0.05) is 18.2 Å². The monoisotopic (exact) mass is 348 g/mol. The molecule has 0 radical (unpaired) electrons. The summed E-state index contributed by atoms with van der Waals surface area (Å²) < 4.78 is 0. The van der Waals surface area contributed by atoms with Crippen LogP contribution < -0.4 is 5.32 Å². The number of hydrogen-bond donors (Lipinski definition) is 2. The fourth-order valence-corrected chi connectivity index (χ4v) is 3.55. The molecule has 2 heterocycles. The van der Waals surface area contributed by atoms with Gasteiger partial charge < -0.3 is 10.2 Å². The number of rotatable bonds is 3. The summed E-state index contributed by atoms with van der Waals surface area (Å²) in [5.74, 6) is -0.270. The number of carbonyl (C=O) groups excluding carboxylic acids is 2. The third kappa shape index (κ3) is 2.73. The van der Waals surface area contributed by atoms with Crippen LogP contribution in [-0.4, -0.2) is 39.0 Å². The van der Waals surface area contributed by atoms with Gasteiger partial charge in [-0.05, 0) is 50.1 Å². The molecule has 26 heavy (non-hydrogen) atoms. The molecule has 1 aliphatic rings. The molecule has 6 nitrogen and oxygen atoms in total. The van der Waals surface area contributed by atoms with Crippen LogP contribution in [0.15, 0.2) is 54.7 Å². The topological polar surface area (TPSA) is 78.1 Å². The van der Waals surface area contributed by atoms with Crippen molar-refractivity contribution >= 4 is 28.4 Å². The van der Waals surface area contributed by atoms with Gasteiger partial charge in [0.25, 0.3) is 5.91 Å². The first-order valence-corrected chi connectivity index (χ1v) is 8.69. The Morgan fingerprint density at radius 2 is 2.00 bits per heavy atom. The lowest BCUT2D eigenvalue weighted by Gasteiger charge is -2.34. The van der Waals surface area contributed by atoms with E-state index in [-0.39, 0.29) is 11.8 Å². The van der Waals surface area contributed by atoms with Crippen LogP contribution in [0.2, 0.25) is 0 Å². The van der Waals surface area contributed by atoms with Crippen LogP contribution in [0.4, 0.5) is 5.69 Å². The summed E-state index contributed by atoms with van der Waals surface area (Å²) in [4.78, 5) is 27.6. The molecule has 1 fully saturated rings. The zero-order chi connectivity index (χ0) is 18.1. The third-order valence-electron chi connectivity index (χ3n) is 5.09. The lowest BCUT2D eigenvalue weighted by Crippen LogP contribution is -2.53. The number of anilines is 1. The fourth-order valence-electron chi connectivity index (χ4n) is 3.55. The minimum Gasteiger partial charge on any atom is -0.324 e. The number of nitrogens with zero attached hydrogens (tertiary/aromatic N) is 2. The normalized spacial score (nSPS) is 19.7. The van der Waals surface area contributed by atoms with Crippen LogP contribution in [0, 0.1) is 0 Å². The molecule has 1 atom stereocenters. The number of likely N-dealkylation sites (tertiary alicyclic amines) is 1. The Morgan fingerprint density at radius 3 is 2.81 bits per heavy atom. The van der Waals surface area contributed by atoms with Gasteiger partial charge in [0.15, 0.2) is 0 Å². The van der Waals surface area contributed by atoms with Gasteiger partial charge >= 0.3 is 0 Å². The van der Waals surface area contributed by atoms with E-state index in [2.05, 4.69) is 15.5 Å². The van der Waals surface area contributed by atoms with Crippen molar-refractivity contribution in [1.29, 1.82) is 0 Å². The molecular formula is C20H20N4O2. The number of aromatic amines is 1. The highest BCUT2D eigenvalue weighted by Crippen LogP contribution is 2.32. The summed E-state index contributed by atoms with van der Waals surface area (Å²) in [5.41, 5.74) is 1.35. The van der Waals surface area contributed by atoms with Crippen LogP contribution in [0.3, 0.4) is 0 Å². The van der Waals surface area contributed by atoms with Crippen LogP contribution in [0.1, 0.15) is 30.1 Å². The van der Waals surface area contributed by atoms with Gasteiger partial charge in [-0.25, -0.2) is 0 Å². The highest BCUT2D eigenvalue weighted by Gasteiger charge is 2.45. The van der Waals surface area contributed by atoms with Crippen molar-refractivity contribution in [2.45, 2.75) is 25.3 Å². The summed E-state index contributed by atoms with van der Waals surface area (Å²) in [7, 11) is 0. The predicted molar refractivity (Wildman–Crippen MR) is 99.8 cm³/mol. The second-order valence-electron chi connectivity index (χ2n) is 6.83. The minimum absolute atomic E-state index is 0.106. The molecule has 1 aliphatic heterocycles. The quantitative estimate of drug-likeness (QED) is 0.763. The average molecular weight is 348 g/mol. The van der Waals surface area contributed by atoms with Crippen molar-refractivity contribution in [2.24, 2.45) is 0 Å². The van der Waals surface area contributed by atoms with Gasteiger partial charge in [-0.3, -0.25) is 14.7 Å². The maximum atomic E-state index is 13.0. The Labute approximate surface area is 151 Å². The van der Waals surface area contributed by atoms with E-state index in [4.69, 9.17) is 0 Å². The van der Waals surface area contributed by atoms with E-state index in [1.807, 2.05) is 43.3 Å². The SMILES string of the molecule is CC1(C(=O)Nc2ccc3[nH]ncc3c2)CCCN1C(=O)c1ccccc1. The molecule has 0 saturated carbocycles. The molecule has 4 rings (SSSR count). The molecule has 2 aromatic carbocycles. The summed E-state index contributed by atoms with van der Waals surface area (Å²) in [5, 5.41) is 10.8. The zero-order valence-electron chi connectivity index (χ0n) is 14.5. The molecule has 0 bridgehead atoms. The van der Waals surface area contributed by atoms with E-state index < -0.39 is 5.54 Å². The summed E-state index contributed by atoms with van der Waals surface area (Å²) in [6.45, 7) is 2.42. The van der Waals surface area contributed by atoms with Crippen LogP contribution >= 0.6 is 0 Å². The third-order valence-corrected chi connectivity index (χ3v) is 5.09. The first kappa shape index (κ1) is 16.3. The van der Waals surface area contributed by atoms with Crippen molar-refractivity contribution in [3.05, 3.63) is 60.3 Å². The number of carbonyl (C=O) groups is 2. The van der Waals surface area contributed by atoms with E-state index in [0.29, 0.717) is 24.2 Å². The number of benzene rings is 2. The van der Waals surface area contributed by atoms with E-state index in [1.165, 1.54) is 0 Å². The Bertz CT molecular complexity index is 966. The lowest BCUT2D eigenvalue weighted by atomic mass is 9.96. The molecule has 1 saturated heterocycles. The number of aromatic nitrogens is 2. The molecule has 132 valence electrons. The van der Waals surface area contributed by atoms with Gasteiger partial charge in [-0.2, -0.15) is 5.10 Å². The molecule has 6 heteroatoms. The van der Waals surface area contributed by atoms with E-state index in [1.54, 1.807) is 23.2 Å². The second-order valence-corrected chi connectivity index (χ2v) is 6.83. The van der Waals surface area contributed by atoms with Gasteiger partial charge in [0.05, 0.1) is 11.7 Å². The maximum absolute atomic E-state index is 13.0. The average Bonchev–Trinajstić information content (AvgIpc) is 3.28. The fraction of sp³-hybridized carbons (Fsp3) is 0.250. The number of H-pyrrole nitrogens is 1. The highest BCUT2D eigenvalue weighted by molar-refractivity contribution is 6.04. The molecule has 0 aliphatic carbocycles. The van der Waals surface area contributed by atoms with Crippen molar-refractivity contribution < 1.29 is 9.59 Å². The van der Waals surface area contributed by atoms with E-state index in [0.717, 1.165) is 17.3 Å². The first-order valence-electron chi connectivity index (χ1n) is 8.69. The molecule has 3 aromatic rings. The molecular weight excluding hydrogens is 328 g/mol. The Kier molecular flexibility index (Phi) is 3.95. The number of amides is 2. The second kappa shape index (κ2) is 6.29. The van der Waals surface area contributed by atoms with E-state index >= 15 is 0 Å². The standard InChI is InChI=1S/C20H20N4O2/c1-20(10-5-11-24(20)18(25)14-6-3-2-4-7-14)19(26)22-16-8-9-17-15(12-16)13-21-23-17/h2-4,6-9,12-13H,5,10-11H2,1H3,(H,21,23)(H,22,26). The number of nitrogens with one attached hydrogen (secondary N) is 2. The largest absolute Gasteiger partial charge is 0.324 e. The van der Waals surface area contributed by atoms with Crippen LogP contribution in [0.5, 0.6) is 0 Å². The van der Waals surface area contributed by atoms with E-state index in [9.17, 15) is 9.59 Å². The Hall–Kier alpha value is -3.15. The molecule has 2 N–H and O–H groups in total. The van der Waals surface area contributed by atoms with Crippen molar-refractivity contribution in [1.82, 2.24) is 15.1 Å². The summed E-state index contributed by atoms with van der Waals surface area (Å²) >= 11 is 0. The summed E-state index contributed by atoms with van der Waals surface area (Å²) in [6.07, 6.45) is 3.17. The smallest absolute Gasteiger partial charge is 0.254 e. The summed E-state index contributed by atoms with van der Waals surface area (Å²) in [6, 6.07) is 14.7. The van der Waals surface area contributed by atoms with Gasteiger partial charge in [0.2, 0.25) is 5.91 Å². The molecule has 2 amide bonds. The van der Waals surface area contributed by atoms with Crippen LogP contribution in [-0.2, 0) is 4.79 Å². The van der Waals surface area contributed by atoms with Crippen molar-refractivity contribution in [3.63, 3.8) is 0 Å². The lowest BCUT2D eigenvalue weighted by molar-refractivity contribution is -0.124. The van der Waals surface area contributed by atoms with Crippen LogP contribution in [0.25, 0.3) is 10.9 Å². The number of hydrogen-bond acceptors (Lipinski definition) is 3. The molecule has 1 aromatic heterocycles. The predicted octanol–water partition coefficient (Wildman–Crippen LogP) is 3.20. The van der Waals surface area contributed by atoms with Crippen molar-refractivity contribution in [2.75, 3.05) is 11.9 Å². The van der Waals surface area contributed by atoms with Gasteiger partial charge in [0, 0.05) is 23.2 Å².